The predicted molar refractivity (Wildman–Crippen MR) is 124 cm³/mol. The molecule has 0 spiro atoms. The van der Waals surface area contributed by atoms with Gasteiger partial charge in [0.2, 0.25) is 29.5 Å². The molecule has 15 heteroatoms. The Morgan fingerprint density at radius 2 is 1.76 bits per heavy atom. The third-order valence-corrected chi connectivity index (χ3v) is 6.88. The molecule has 0 radical (unpaired) electrons. The molecular weight excluding hydrogens is 495 g/mol. The second-order valence-corrected chi connectivity index (χ2v) is 9.60. The van der Waals surface area contributed by atoms with Crippen LogP contribution >= 0.6 is 0 Å². The Morgan fingerprint density at radius 3 is 2.41 bits per heavy atom. The molecule has 37 heavy (non-hydrogen) atoms. The van der Waals surface area contributed by atoms with Crippen LogP contribution in [0, 0.1) is 5.41 Å². The van der Waals surface area contributed by atoms with Crippen molar-refractivity contribution < 1.29 is 27.2 Å². The molecule has 12 nitrogen and oxygen atoms in total. The lowest BCUT2D eigenvalue weighted by Crippen LogP contribution is -2.58. The molecule has 0 saturated carbocycles. The molecule has 2 aliphatic heterocycles. The van der Waals surface area contributed by atoms with Crippen LogP contribution in [0.25, 0.3) is 17.4 Å². The van der Waals surface area contributed by atoms with Crippen LogP contribution in [0.4, 0.5) is 25.1 Å². The molecule has 5 rings (SSSR count). The van der Waals surface area contributed by atoms with Gasteiger partial charge in [0.1, 0.15) is 11.5 Å². The van der Waals surface area contributed by atoms with E-state index in [9.17, 15) is 22.8 Å². The number of nitrogen functional groups attached to an aromatic ring is 1. The number of nitrogens with two attached hydrogens (primary N) is 1. The van der Waals surface area contributed by atoms with Gasteiger partial charge in [-0.3, -0.25) is 9.59 Å². The number of carbonyl (C=O) groups excluding carboxylic acids is 2. The summed E-state index contributed by atoms with van der Waals surface area (Å²) in [7, 11) is 0. The van der Waals surface area contributed by atoms with E-state index in [1.807, 2.05) is 0 Å². The molecule has 1 atom stereocenters. The number of hydrogen-bond acceptors (Lipinski definition) is 9. The maximum absolute atomic E-state index is 13.4. The SMILES string of the molecule is CC(C)(C(=O)N1CCN(C(=O)[C@@H]2CCCN2c2nc(N)n3nc(-c4ccco4)nc3n2)CC1)C(F)(F)F. The van der Waals surface area contributed by atoms with E-state index >= 15 is 0 Å². The van der Waals surface area contributed by atoms with E-state index < -0.39 is 23.5 Å². The average Bonchev–Trinajstić information content (AvgIpc) is 3.62. The van der Waals surface area contributed by atoms with Crippen molar-refractivity contribution in [3.05, 3.63) is 18.4 Å². The summed E-state index contributed by atoms with van der Waals surface area (Å²) in [4.78, 5) is 43.5. The molecular formula is C22H26F3N9O3. The van der Waals surface area contributed by atoms with Gasteiger partial charge in [0.25, 0.3) is 5.78 Å². The number of rotatable bonds is 4. The van der Waals surface area contributed by atoms with Crippen LogP contribution in [-0.2, 0) is 9.59 Å². The summed E-state index contributed by atoms with van der Waals surface area (Å²) in [5.74, 6) is 0.0258. The first kappa shape index (κ1) is 24.8. The minimum Gasteiger partial charge on any atom is -0.461 e. The second-order valence-electron chi connectivity index (χ2n) is 9.60. The number of alkyl halides is 3. The van der Waals surface area contributed by atoms with Gasteiger partial charge in [-0.1, -0.05) is 0 Å². The molecule has 0 aromatic carbocycles. The smallest absolute Gasteiger partial charge is 0.402 e. The van der Waals surface area contributed by atoms with Gasteiger partial charge in [-0.2, -0.15) is 32.6 Å². The zero-order chi connectivity index (χ0) is 26.5. The van der Waals surface area contributed by atoms with Gasteiger partial charge in [0.05, 0.1) is 6.26 Å². The van der Waals surface area contributed by atoms with Crippen LogP contribution in [0.3, 0.4) is 0 Å². The molecule has 0 aliphatic carbocycles. The first-order valence-electron chi connectivity index (χ1n) is 11.8. The Bertz CT molecular complexity index is 1310. The van der Waals surface area contributed by atoms with E-state index in [2.05, 4.69) is 20.1 Å². The molecule has 2 N–H and O–H groups in total. The van der Waals surface area contributed by atoms with Crippen LogP contribution < -0.4 is 10.6 Å². The molecule has 3 aromatic rings. The number of nitrogens with zero attached hydrogens (tertiary/aromatic N) is 8. The third-order valence-electron chi connectivity index (χ3n) is 6.88. The number of carbonyl (C=O) groups is 2. The predicted octanol–water partition coefficient (Wildman–Crippen LogP) is 1.59. The molecule has 2 aliphatic rings. The summed E-state index contributed by atoms with van der Waals surface area (Å²) in [6.07, 6.45) is -1.90. The molecule has 2 amide bonds. The topological polar surface area (TPSA) is 139 Å². The minimum absolute atomic E-state index is 0.0293. The Labute approximate surface area is 209 Å². The largest absolute Gasteiger partial charge is 0.461 e. The van der Waals surface area contributed by atoms with E-state index in [0.29, 0.717) is 31.0 Å². The van der Waals surface area contributed by atoms with E-state index in [1.54, 1.807) is 21.9 Å². The highest BCUT2D eigenvalue weighted by molar-refractivity contribution is 5.86. The number of amides is 2. The van der Waals surface area contributed by atoms with Gasteiger partial charge >= 0.3 is 6.18 Å². The van der Waals surface area contributed by atoms with Crippen molar-refractivity contribution in [3.8, 4) is 11.6 Å². The zero-order valence-corrected chi connectivity index (χ0v) is 20.3. The van der Waals surface area contributed by atoms with Crippen molar-refractivity contribution in [1.82, 2.24) is 34.4 Å². The maximum atomic E-state index is 13.4. The number of piperazine rings is 1. The second kappa shape index (κ2) is 8.88. The molecule has 0 bridgehead atoms. The number of aromatic nitrogens is 5. The van der Waals surface area contributed by atoms with Gasteiger partial charge < -0.3 is 24.9 Å². The molecule has 2 fully saturated rings. The fraction of sp³-hybridized carbons (Fsp3) is 0.545. The lowest BCUT2D eigenvalue weighted by atomic mass is 9.90. The molecule has 0 unspecified atom stereocenters. The number of halogens is 3. The highest BCUT2D eigenvalue weighted by Crippen LogP contribution is 2.39. The molecule has 3 aromatic heterocycles. The number of fused-ring (bicyclic) bond motifs is 1. The standard InChI is InChI=1S/C22H26F3N9O3/c1-21(2,22(23,24)25)17(36)32-10-8-31(9-11-32)16(35)13-5-3-7-33(13)19-28-18(26)34-20(29-19)27-15(30-34)14-6-4-12-37-14/h4,6,12-13H,3,5,7-11H2,1-2H3,(H2,26,27,28,29,30)/t13-/m0/s1. The van der Waals surface area contributed by atoms with Gasteiger partial charge in [0.15, 0.2) is 5.76 Å². The molecule has 198 valence electrons. The van der Waals surface area contributed by atoms with Crippen LogP contribution in [0.2, 0.25) is 0 Å². The van der Waals surface area contributed by atoms with Crippen molar-refractivity contribution >= 4 is 29.5 Å². The van der Waals surface area contributed by atoms with E-state index in [1.165, 1.54) is 15.7 Å². The van der Waals surface area contributed by atoms with Crippen LogP contribution in [-0.4, -0.2) is 91.1 Å². The maximum Gasteiger partial charge on any atom is 0.402 e. The van der Waals surface area contributed by atoms with Crippen molar-refractivity contribution in [2.45, 2.75) is 38.9 Å². The van der Waals surface area contributed by atoms with E-state index in [-0.39, 0.29) is 49.8 Å². The summed E-state index contributed by atoms with van der Waals surface area (Å²) in [5.41, 5.74) is 3.61. The Morgan fingerprint density at radius 1 is 1.05 bits per heavy atom. The van der Waals surface area contributed by atoms with E-state index in [4.69, 9.17) is 10.2 Å². The fourth-order valence-corrected chi connectivity index (χ4v) is 4.55. The van der Waals surface area contributed by atoms with Crippen molar-refractivity contribution in [3.63, 3.8) is 0 Å². The first-order valence-corrected chi connectivity index (χ1v) is 11.8. The van der Waals surface area contributed by atoms with E-state index in [0.717, 1.165) is 13.8 Å². The molecule has 2 saturated heterocycles. The summed E-state index contributed by atoms with van der Waals surface area (Å²) in [6.45, 7) is 2.60. The number of hydrogen-bond donors (Lipinski definition) is 1. The average molecular weight is 522 g/mol. The van der Waals surface area contributed by atoms with Gasteiger partial charge in [-0.15, -0.1) is 5.10 Å². The van der Waals surface area contributed by atoms with Gasteiger partial charge in [-0.05, 0) is 38.8 Å². The quantitative estimate of drug-likeness (QED) is 0.542. The highest BCUT2D eigenvalue weighted by Gasteiger charge is 2.54. The minimum atomic E-state index is -4.66. The van der Waals surface area contributed by atoms with Crippen molar-refractivity contribution in [2.75, 3.05) is 43.4 Å². The third kappa shape index (κ3) is 4.31. The summed E-state index contributed by atoms with van der Waals surface area (Å²) < 4.78 is 46.5. The van der Waals surface area contributed by atoms with Gasteiger partial charge in [-0.25, -0.2) is 0 Å². The molecule has 5 heterocycles. The number of anilines is 2. The van der Waals surface area contributed by atoms with Crippen LogP contribution in [0.15, 0.2) is 22.8 Å². The summed E-state index contributed by atoms with van der Waals surface area (Å²) >= 11 is 0. The normalized spacial score (nSPS) is 19.2. The highest BCUT2D eigenvalue weighted by atomic mass is 19.4. The Hall–Kier alpha value is -3.91. The lowest BCUT2D eigenvalue weighted by Gasteiger charge is -2.40. The summed E-state index contributed by atoms with van der Waals surface area (Å²) in [5, 5.41) is 4.27. The Balaban J connectivity index is 1.30. The summed E-state index contributed by atoms with van der Waals surface area (Å²) in [6, 6.07) is 2.84. The van der Waals surface area contributed by atoms with Gasteiger partial charge in [0, 0.05) is 32.7 Å². The van der Waals surface area contributed by atoms with Crippen LogP contribution in [0.5, 0.6) is 0 Å². The van der Waals surface area contributed by atoms with Crippen molar-refractivity contribution in [2.24, 2.45) is 5.41 Å². The number of furan rings is 1. The first-order chi connectivity index (χ1) is 17.5. The Kier molecular flexibility index (Phi) is 5.95. The van der Waals surface area contributed by atoms with Crippen LogP contribution in [0.1, 0.15) is 26.7 Å². The monoisotopic (exact) mass is 521 g/mol. The zero-order valence-electron chi connectivity index (χ0n) is 20.3. The van der Waals surface area contributed by atoms with Crippen molar-refractivity contribution in [1.29, 1.82) is 0 Å². The fourth-order valence-electron chi connectivity index (χ4n) is 4.55. The lowest BCUT2D eigenvalue weighted by molar-refractivity contribution is -0.218.